The summed E-state index contributed by atoms with van der Waals surface area (Å²) in [6, 6.07) is 7.36. The monoisotopic (exact) mass is 375 g/mol. The number of benzene rings is 1. The maximum absolute atomic E-state index is 12.4. The average Bonchev–Trinajstić information content (AvgIpc) is 2.38. The highest BCUT2D eigenvalue weighted by atomic mass is 127. The van der Waals surface area contributed by atoms with E-state index in [1.54, 1.807) is 13.0 Å². The van der Waals surface area contributed by atoms with Crippen LogP contribution in [0.4, 0.5) is 0 Å². The average molecular weight is 375 g/mol. The molecule has 0 unspecified atom stereocenters. The predicted molar refractivity (Wildman–Crippen MR) is 82.0 cm³/mol. The second-order valence-corrected chi connectivity index (χ2v) is 5.17. The van der Waals surface area contributed by atoms with Crippen LogP contribution in [0, 0.1) is 3.57 Å². The number of halogens is 1. The second kappa shape index (κ2) is 8.14. The number of rotatable bonds is 6. The molecule has 0 saturated carbocycles. The van der Waals surface area contributed by atoms with Crippen LogP contribution < -0.4 is 0 Å². The third-order valence-corrected chi connectivity index (χ3v) is 3.45. The minimum absolute atomic E-state index is 0.00544. The summed E-state index contributed by atoms with van der Waals surface area (Å²) in [5.74, 6) is -0.491. The van der Waals surface area contributed by atoms with Crippen LogP contribution in [0.2, 0.25) is 0 Å². The molecule has 5 heteroatoms. The minimum Gasteiger partial charge on any atom is -0.465 e. The van der Waals surface area contributed by atoms with Gasteiger partial charge in [-0.2, -0.15) is 0 Å². The number of hydrogen-bond donors (Lipinski definition) is 0. The maximum Gasteiger partial charge on any atom is 0.325 e. The molecule has 0 radical (unpaired) electrons. The van der Waals surface area contributed by atoms with Gasteiger partial charge in [0.15, 0.2) is 0 Å². The summed E-state index contributed by atoms with van der Waals surface area (Å²) in [5.41, 5.74) is 0.626. The van der Waals surface area contributed by atoms with E-state index >= 15 is 0 Å². The Balaban J connectivity index is 2.84. The van der Waals surface area contributed by atoms with Gasteiger partial charge in [-0.25, -0.2) is 0 Å². The Kier molecular flexibility index (Phi) is 6.83. The van der Waals surface area contributed by atoms with Crippen molar-refractivity contribution in [3.05, 3.63) is 33.4 Å². The number of hydrogen-bond acceptors (Lipinski definition) is 3. The van der Waals surface area contributed by atoms with Gasteiger partial charge in [0.05, 0.1) is 12.2 Å². The highest BCUT2D eigenvalue weighted by molar-refractivity contribution is 14.1. The van der Waals surface area contributed by atoms with Crippen molar-refractivity contribution in [2.45, 2.75) is 20.3 Å². The van der Waals surface area contributed by atoms with Crippen molar-refractivity contribution in [2.75, 3.05) is 19.7 Å². The van der Waals surface area contributed by atoms with Crippen molar-refractivity contribution in [3.63, 3.8) is 0 Å². The molecule has 19 heavy (non-hydrogen) atoms. The quantitative estimate of drug-likeness (QED) is 0.568. The van der Waals surface area contributed by atoms with Gasteiger partial charge in [0.2, 0.25) is 0 Å². The molecule has 4 nitrogen and oxygen atoms in total. The van der Waals surface area contributed by atoms with E-state index in [0.29, 0.717) is 18.7 Å². The summed E-state index contributed by atoms with van der Waals surface area (Å²) < 4.78 is 5.78. The molecule has 1 aromatic rings. The standard InChI is InChI=1S/C14H18INO3/c1-3-9-16(10-13(17)19-4-2)14(18)11-7-5-6-8-12(11)15/h5-8H,3-4,9-10H2,1-2H3. The molecule has 0 spiro atoms. The molecule has 0 aliphatic carbocycles. The Morgan fingerprint density at radius 3 is 2.53 bits per heavy atom. The SMILES string of the molecule is CCCN(CC(=O)OCC)C(=O)c1ccccc1I. The lowest BCUT2D eigenvalue weighted by Gasteiger charge is -2.21. The molecule has 0 fully saturated rings. The summed E-state index contributed by atoms with van der Waals surface area (Å²) >= 11 is 2.12. The molecular weight excluding hydrogens is 357 g/mol. The zero-order chi connectivity index (χ0) is 14.3. The van der Waals surface area contributed by atoms with E-state index in [-0.39, 0.29) is 18.4 Å². The van der Waals surface area contributed by atoms with Crippen LogP contribution in [0.1, 0.15) is 30.6 Å². The topological polar surface area (TPSA) is 46.6 Å². The van der Waals surface area contributed by atoms with Gasteiger partial charge >= 0.3 is 5.97 Å². The first-order valence-corrected chi connectivity index (χ1v) is 7.37. The fourth-order valence-electron chi connectivity index (χ4n) is 1.69. The molecule has 1 rings (SSSR count). The Morgan fingerprint density at radius 2 is 1.95 bits per heavy atom. The van der Waals surface area contributed by atoms with Gasteiger partial charge in [-0.3, -0.25) is 9.59 Å². The normalized spacial score (nSPS) is 10.1. The van der Waals surface area contributed by atoms with Gasteiger partial charge < -0.3 is 9.64 Å². The number of carbonyl (C=O) groups is 2. The van der Waals surface area contributed by atoms with Gasteiger partial charge in [-0.05, 0) is 48.1 Å². The number of esters is 1. The predicted octanol–water partition coefficient (Wildman–Crippen LogP) is 2.71. The molecule has 0 heterocycles. The highest BCUT2D eigenvalue weighted by Gasteiger charge is 2.20. The molecule has 0 bridgehead atoms. The van der Waals surface area contributed by atoms with E-state index in [1.807, 2.05) is 25.1 Å². The first-order chi connectivity index (χ1) is 9.10. The van der Waals surface area contributed by atoms with Gasteiger partial charge in [0.1, 0.15) is 6.54 Å². The van der Waals surface area contributed by atoms with Crippen LogP contribution in [0.3, 0.4) is 0 Å². The molecule has 104 valence electrons. The number of carbonyl (C=O) groups excluding carboxylic acids is 2. The summed E-state index contributed by atoms with van der Waals surface area (Å²) in [5, 5.41) is 0. The van der Waals surface area contributed by atoms with Crippen LogP contribution in [-0.2, 0) is 9.53 Å². The van der Waals surface area contributed by atoms with E-state index < -0.39 is 0 Å². The lowest BCUT2D eigenvalue weighted by Crippen LogP contribution is -2.37. The summed E-state index contributed by atoms with van der Waals surface area (Å²) in [6.45, 7) is 4.61. The molecular formula is C14H18INO3. The Bertz CT molecular complexity index is 448. The first-order valence-electron chi connectivity index (χ1n) is 6.29. The van der Waals surface area contributed by atoms with Crippen LogP contribution in [0.25, 0.3) is 0 Å². The molecule has 0 N–H and O–H groups in total. The largest absolute Gasteiger partial charge is 0.465 e. The van der Waals surface area contributed by atoms with Gasteiger partial charge in [-0.1, -0.05) is 19.1 Å². The molecule has 0 saturated heterocycles. The van der Waals surface area contributed by atoms with Crippen molar-refractivity contribution in [1.29, 1.82) is 0 Å². The van der Waals surface area contributed by atoms with Crippen LogP contribution in [0.5, 0.6) is 0 Å². The first kappa shape index (κ1) is 15.9. The zero-order valence-corrected chi connectivity index (χ0v) is 13.3. The fourth-order valence-corrected chi connectivity index (χ4v) is 2.31. The lowest BCUT2D eigenvalue weighted by atomic mass is 10.2. The summed E-state index contributed by atoms with van der Waals surface area (Å²) in [7, 11) is 0. The Morgan fingerprint density at radius 1 is 1.26 bits per heavy atom. The lowest BCUT2D eigenvalue weighted by molar-refractivity contribution is -0.143. The fraction of sp³-hybridized carbons (Fsp3) is 0.429. The molecule has 0 atom stereocenters. The third-order valence-electron chi connectivity index (χ3n) is 2.51. The van der Waals surface area contributed by atoms with Crippen LogP contribution >= 0.6 is 22.6 Å². The van der Waals surface area contributed by atoms with E-state index in [1.165, 1.54) is 4.90 Å². The molecule has 0 aliphatic rings. The van der Waals surface area contributed by atoms with Crippen molar-refractivity contribution in [2.24, 2.45) is 0 Å². The Hall–Kier alpha value is -1.11. The van der Waals surface area contributed by atoms with Gasteiger partial charge in [0.25, 0.3) is 5.91 Å². The molecule has 1 amide bonds. The summed E-state index contributed by atoms with van der Waals surface area (Å²) in [4.78, 5) is 25.5. The Labute approximate surface area is 127 Å². The third kappa shape index (κ3) is 4.81. The highest BCUT2D eigenvalue weighted by Crippen LogP contribution is 2.14. The van der Waals surface area contributed by atoms with E-state index in [9.17, 15) is 9.59 Å². The van der Waals surface area contributed by atoms with Crippen molar-refractivity contribution in [1.82, 2.24) is 4.90 Å². The number of nitrogens with zero attached hydrogens (tertiary/aromatic N) is 1. The second-order valence-electron chi connectivity index (χ2n) is 4.01. The van der Waals surface area contributed by atoms with E-state index in [0.717, 1.165) is 9.99 Å². The van der Waals surface area contributed by atoms with Crippen molar-refractivity contribution in [3.8, 4) is 0 Å². The van der Waals surface area contributed by atoms with Gasteiger partial charge in [0, 0.05) is 10.1 Å². The number of amides is 1. The smallest absolute Gasteiger partial charge is 0.325 e. The van der Waals surface area contributed by atoms with E-state index in [4.69, 9.17) is 4.74 Å². The van der Waals surface area contributed by atoms with Crippen LogP contribution in [0.15, 0.2) is 24.3 Å². The molecule has 0 aromatic heterocycles. The van der Waals surface area contributed by atoms with Crippen molar-refractivity contribution >= 4 is 34.5 Å². The molecule has 0 aliphatic heterocycles. The van der Waals surface area contributed by atoms with Gasteiger partial charge in [-0.15, -0.1) is 0 Å². The summed E-state index contributed by atoms with van der Waals surface area (Å²) in [6.07, 6.45) is 0.800. The van der Waals surface area contributed by atoms with Crippen molar-refractivity contribution < 1.29 is 14.3 Å². The zero-order valence-electron chi connectivity index (χ0n) is 11.2. The van der Waals surface area contributed by atoms with Crippen LogP contribution in [-0.4, -0.2) is 36.5 Å². The maximum atomic E-state index is 12.4. The molecule has 1 aromatic carbocycles. The van der Waals surface area contributed by atoms with E-state index in [2.05, 4.69) is 22.6 Å². The minimum atomic E-state index is -0.366. The number of ether oxygens (including phenoxy) is 1.